The van der Waals surface area contributed by atoms with E-state index < -0.39 is 0 Å². The standard InChI is InChI=1S/C17H22N2O/c20-13-15-6-2-1-5-11-19(15)12-14-9-10-18-17-8-4-3-7-16(14)17/h3-4,7-10,15,20H,1-2,5-6,11-13H2/t15-/m0/s1. The van der Waals surface area contributed by atoms with Gasteiger partial charge in [0.15, 0.2) is 0 Å². The van der Waals surface area contributed by atoms with Gasteiger partial charge < -0.3 is 5.11 Å². The van der Waals surface area contributed by atoms with Crippen LogP contribution in [0, 0.1) is 0 Å². The summed E-state index contributed by atoms with van der Waals surface area (Å²) < 4.78 is 0. The number of hydrogen-bond donors (Lipinski definition) is 1. The van der Waals surface area contributed by atoms with E-state index in [1.54, 1.807) is 0 Å². The fourth-order valence-electron chi connectivity index (χ4n) is 3.16. The first-order chi connectivity index (χ1) is 9.88. The molecule has 3 rings (SSSR count). The smallest absolute Gasteiger partial charge is 0.0705 e. The summed E-state index contributed by atoms with van der Waals surface area (Å²) in [7, 11) is 0. The molecular formula is C17H22N2O. The van der Waals surface area contributed by atoms with E-state index in [1.807, 2.05) is 12.3 Å². The fraction of sp³-hybridized carbons (Fsp3) is 0.471. The molecule has 0 bridgehead atoms. The molecule has 106 valence electrons. The second kappa shape index (κ2) is 6.33. The summed E-state index contributed by atoms with van der Waals surface area (Å²) in [5, 5.41) is 10.9. The molecule has 2 aromatic rings. The van der Waals surface area contributed by atoms with Gasteiger partial charge in [-0.15, -0.1) is 0 Å². The maximum atomic E-state index is 9.62. The third-order valence-electron chi connectivity index (χ3n) is 4.32. The van der Waals surface area contributed by atoms with Crippen molar-refractivity contribution in [3.63, 3.8) is 0 Å². The van der Waals surface area contributed by atoms with Gasteiger partial charge in [-0.25, -0.2) is 0 Å². The van der Waals surface area contributed by atoms with Gasteiger partial charge >= 0.3 is 0 Å². The Kier molecular flexibility index (Phi) is 4.28. The molecule has 1 fully saturated rings. The van der Waals surface area contributed by atoms with E-state index in [4.69, 9.17) is 0 Å². The molecule has 3 nitrogen and oxygen atoms in total. The van der Waals surface area contributed by atoms with Crippen LogP contribution < -0.4 is 0 Å². The minimum Gasteiger partial charge on any atom is -0.395 e. The van der Waals surface area contributed by atoms with E-state index in [1.165, 1.54) is 30.2 Å². The molecule has 1 saturated heterocycles. The highest BCUT2D eigenvalue weighted by molar-refractivity contribution is 5.81. The van der Waals surface area contributed by atoms with Gasteiger partial charge in [-0.1, -0.05) is 31.0 Å². The van der Waals surface area contributed by atoms with E-state index in [0.717, 1.165) is 25.0 Å². The van der Waals surface area contributed by atoms with Gasteiger partial charge in [0.1, 0.15) is 0 Å². The first kappa shape index (κ1) is 13.5. The van der Waals surface area contributed by atoms with Crippen LogP contribution in [-0.2, 0) is 6.54 Å². The molecule has 0 amide bonds. The summed E-state index contributed by atoms with van der Waals surface area (Å²) in [4.78, 5) is 6.86. The number of fused-ring (bicyclic) bond motifs is 1. The lowest BCUT2D eigenvalue weighted by molar-refractivity contribution is 0.119. The van der Waals surface area contributed by atoms with Crippen LogP contribution in [0.2, 0.25) is 0 Å². The highest BCUT2D eigenvalue weighted by atomic mass is 16.3. The fourth-order valence-corrected chi connectivity index (χ4v) is 3.16. The maximum Gasteiger partial charge on any atom is 0.0705 e. The van der Waals surface area contributed by atoms with Gasteiger partial charge in [0.25, 0.3) is 0 Å². The van der Waals surface area contributed by atoms with Crippen LogP contribution in [0.4, 0.5) is 0 Å². The molecule has 1 aromatic carbocycles. The maximum absolute atomic E-state index is 9.62. The third-order valence-corrected chi connectivity index (χ3v) is 4.32. The Labute approximate surface area is 120 Å². The highest BCUT2D eigenvalue weighted by Crippen LogP contribution is 2.22. The van der Waals surface area contributed by atoms with E-state index in [0.29, 0.717) is 6.04 Å². The summed E-state index contributed by atoms with van der Waals surface area (Å²) >= 11 is 0. The largest absolute Gasteiger partial charge is 0.395 e. The minimum atomic E-state index is 0.267. The van der Waals surface area contributed by atoms with Crippen molar-refractivity contribution in [2.24, 2.45) is 0 Å². The number of aliphatic hydroxyl groups excluding tert-OH is 1. The van der Waals surface area contributed by atoms with Crippen molar-refractivity contribution in [1.82, 2.24) is 9.88 Å². The number of likely N-dealkylation sites (tertiary alicyclic amines) is 1. The number of pyridine rings is 1. The molecule has 1 aromatic heterocycles. The lowest BCUT2D eigenvalue weighted by Crippen LogP contribution is -2.36. The van der Waals surface area contributed by atoms with Crippen LogP contribution in [0.5, 0.6) is 0 Å². The second-order valence-electron chi connectivity index (χ2n) is 5.64. The lowest BCUT2D eigenvalue weighted by atomic mass is 10.1. The van der Waals surface area contributed by atoms with Crippen molar-refractivity contribution >= 4 is 10.9 Å². The summed E-state index contributed by atoms with van der Waals surface area (Å²) in [6.07, 6.45) is 6.76. The van der Waals surface area contributed by atoms with Crippen LogP contribution in [0.15, 0.2) is 36.5 Å². The second-order valence-corrected chi connectivity index (χ2v) is 5.64. The SMILES string of the molecule is OC[C@@H]1CCCCCN1Cc1ccnc2ccccc12. The Hall–Kier alpha value is -1.45. The zero-order chi connectivity index (χ0) is 13.8. The summed E-state index contributed by atoms with van der Waals surface area (Å²) in [5.74, 6) is 0. The predicted octanol–water partition coefficient (Wildman–Crippen LogP) is 2.97. The third kappa shape index (κ3) is 2.84. The molecule has 2 heterocycles. The number of aromatic nitrogens is 1. The van der Waals surface area contributed by atoms with Gasteiger partial charge in [0.2, 0.25) is 0 Å². The van der Waals surface area contributed by atoms with E-state index in [9.17, 15) is 5.11 Å². The van der Waals surface area contributed by atoms with Crippen LogP contribution in [0.25, 0.3) is 10.9 Å². The molecule has 3 heteroatoms. The van der Waals surface area contributed by atoms with Crippen molar-refractivity contribution in [3.8, 4) is 0 Å². The molecule has 0 unspecified atom stereocenters. The Morgan fingerprint density at radius 1 is 1.15 bits per heavy atom. The van der Waals surface area contributed by atoms with Gasteiger partial charge in [-0.05, 0) is 37.1 Å². The number of nitrogens with zero attached hydrogens (tertiary/aromatic N) is 2. The van der Waals surface area contributed by atoms with Crippen molar-refractivity contribution in [2.75, 3.05) is 13.2 Å². The topological polar surface area (TPSA) is 36.4 Å². The monoisotopic (exact) mass is 270 g/mol. The minimum absolute atomic E-state index is 0.267. The van der Waals surface area contributed by atoms with E-state index >= 15 is 0 Å². The summed E-state index contributed by atoms with van der Waals surface area (Å²) in [6, 6.07) is 10.7. The number of hydrogen-bond acceptors (Lipinski definition) is 3. The summed E-state index contributed by atoms with van der Waals surface area (Å²) in [5.41, 5.74) is 2.37. The zero-order valence-corrected chi connectivity index (χ0v) is 11.8. The summed E-state index contributed by atoms with van der Waals surface area (Å²) in [6.45, 7) is 2.26. The number of aliphatic hydroxyl groups is 1. The molecule has 20 heavy (non-hydrogen) atoms. The lowest BCUT2D eigenvalue weighted by Gasteiger charge is -2.28. The number of rotatable bonds is 3. The van der Waals surface area contributed by atoms with Gasteiger partial charge in [0, 0.05) is 24.2 Å². The Morgan fingerprint density at radius 2 is 2.05 bits per heavy atom. The molecule has 1 atom stereocenters. The Balaban J connectivity index is 1.87. The Morgan fingerprint density at radius 3 is 2.95 bits per heavy atom. The molecule has 1 aliphatic rings. The molecular weight excluding hydrogens is 248 g/mol. The predicted molar refractivity (Wildman–Crippen MR) is 81.5 cm³/mol. The van der Waals surface area contributed by atoms with Crippen LogP contribution in [-0.4, -0.2) is 34.2 Å². The van der Waals surface area contributed by atoms with E-state index in [2.05, 4.69) is 34.1 Å². The first-order valence-electron chi connectivity index (χ1n) is 7.56. The Bertz CT molecular complexity index is 564. The average molecular weight is 270 g/mol. The van der Waals surface area contributed by atoms with Crippen molar-refractivity contribution in [1.29, 1.82) is 0 Å². The van der Waals surface area contributed by atoms with Crippen molar-refractivity contribution in [3.05, 3.63) is 42.1 Å². The van der Waals surface area contributed by atoms with Crippen molar-refractivity contribution in [2.45, 2.75) is 38.3 Å². The van der Waals surface area contributed by atoms with Crippen LogP contribution in [0.1, 0.15) is 31.2 Å². The van der Waals surface area contributed by atoms with Crippen LogP contribution >= 0.6 is 0 Å². The van der Waals surface area contributed by atoms with E-state index in [-0.39, 0.29) is 6.61 Å². The number of para-hydroxylation sites is 1. The molecule has 0 spiro atoms. The zero-order valence-electron chi connectivity index (χ0n) is 11.8. The highest BCUT2D eigenvalue weighted by Gasteiger charge is 2.20. The normalized spacial score (nSPS) is 20.9. The molecule has 0 saturated carbocycles. The molecule has 1 N–H and O–H groups in total. The van der Waals surface area contributed by atoms with Gasteiger partial charge in [-0.3, -0.25) is 9.88 Å². The number of benzene rings is 1. The molecule has 1 aliphatic heterocycles. The molecule has 0 radical (unpaired) electrons. The van der Waals surface area contributed by atoms with Crippen molar-refractivity contribution < 1.29 is 5.11 Å². The average Bonchev–Trinajstić information content (AvgIpc) is 2.72. The quantitative estimate of drug-likeness (QED) is 0.931. The first-order valence-corrected chi connectivity index (χ1v) is 7.56. The molecule has 0 aliphatic carbocycles. The van der Waals surface area contributed by atoms with Crippen LogP contribution in [0.3, 0.4) is 0 Å². The van der Waals surface area contributed by atoms with Gasteiger partial charge in [-0.2, -0.15) is 0 Å². The van der Waals surface area contributed by atoms with Gasteiger partial charge in [0.05, 0.1) is 12.1 Å².